The highest BCUT2D eigenvalue weighted by molar-refractivity contribution is 5.79. The molecule has 1 aliphatic rings. The number of guanidine groups is 1. The van der Waals surface area contributed by atoms with Crippen molar-refractivity contribution in [2.75, 3.05) is 39.3 Å². The third kappa shape index (κ3) is 9.45. The topological polar surface area (TPSA) is 59.9 Å². The Morgan fingerprint density at radius 1 is 1.12 bits per heavy atom. The lowest BCUT2D eigenvalue weighted by molar-refractivity contribution is 0.212. The van der Waals surface area contributed by atoms with Crippen molar-refractivity contribution in [1.29, 1.82) is 0 Å². The fraction of sp³-hybridized carbons (Fsp3) is 0.950. The molecule has 0 aromatic heterocycles. The monoisotopic (exact) mass is 354 g/mol. The molecular formula is C20H42N4O. The predicted octanol–water partition coefficient (Wildman–Crippen LogP) is 2.85. The lowest BCUT2D eigenvalue weighted by Gasteiger charge is -2.30. The summed E-state index contributed by atoms with van der Waals surface area (Å²) in [5.41, 5.74) is 0. The summed E-state index contributed by atoms with van der Waals surface area (Å²) < 4.78 is 0. The van der Waals surface area contributed by atoms with Gasteiger partial charge in [0.1, 0.15) is 0 Å². The molecule has 1 saturated heterocycles. The van der Waals surface area contributed by atoms with Gasteiger partial charge in [-0.15, -0.1) is 0 Å². The van der Waals surface area contributed by atoms with E-state index in [0.29, 0.717) is 17.9 Å². The Hall–Kier alpha value is -0.810. The van der Waals surface area contributed by atoms with Gasteiger partial charge in [-0.25, -0.2) is 0 Å². The normalized spacial score (nSPS) is 18.6. The third-order valence-electron chi connectivity index (χ3n) is 4.99. The highest BCUT2D eigenvalue weighted by atomic mass is 16.3. The van der Waals surface area contributed by atoms with Crippen molar-refractivity contribution >= 4 is 5.96 Å². The van der Waals surface area contributed by atoms with Crippen LogP contribution in [0.15, 0.2) is 4.99 Å². The minimum Gasteiger partial charge on any atom is -0.396 e. The zero-order valence-corrected chi connectivity index (χ0v) is 17.1. The molecule has 0 aliphatic carbocycles. The molecule has 1 rings (SSSR count). The molecule has 2 unspecified atom stereocenters. The second kappa shape index (κ2) is 13.4. The van der Waals surface area contributed by atoms with E-state index in [9.17, 15) is 5.11 Å². The highest BCUT2D eigenvalue weighted by Crippen LogP contribution is 2.17. The second-order valence-corrected chi connectivity index (χ2v) is 7.79. The van der Waals surface area contributed by atoms with E-state index in [1.165, 1.54) is 32.4 Å². The van der Waals surface area contributed by atoms with Gasteiger partial charge in [0.2, 0.25) is 0 Å². The fourth-order valence-corrected chi connectivity index (χ4v) is 3.71. The van der Waals surface area contributed by atoms with Gasteiger partial charge in [0.25, 0.3) is 0 Å². The van der Waals surface area contributed by atoms with Crippen LogP contribution >= 0.6 is 0 Å². The van der Waals surface area contributed by atoms with Crippen molar-refractivity contribution in [3.63, 3.8) is 0 Å². The quantitative estimate of drug-likeness (QED) is 0.373. The lowest BCUT2D eigenvalue weighted by Crippen LogP contribution is -2.47. The molecule has 5 heteroatoms. The number of likely N-dealkylation sites (tertiary alicyclic amines) is 1. The van der Waals surface area contributed by atoms with Crippen molar-refractivity contribution < 1.29 is 5.11 Å². The van der Waals surface area contributed by atoms with E-state index in [-0.39, 0.29) is 6.61 Å². The first kappa shape index (κ1) is 22.2. The Balaban J connectivity index is 2.59. The standard InChI is InChI=1S/C20H42N4O/c1-5-9-18(10-13-25)15-22-20(21-6-2)23-16-19(14-17(3)4)24-11-7-8-12-24/h17-19,25H,5-16H2,1-4H3,(H2,21,22,23). The molecule has 0 amide bonds. The van der Waals surface area contributed by atoms with E-state index in [4.69, 9.17) is 4.99 Å². The van der Waals surface area contributed by atoms with Gasteiger partial charge < -0.3 is 15.7 Å². The molecule has 0 saturated carbocycles. The zero-order valence-electron chi connectivity index (χ0n) is 17.1. The first-order valence-electron chi connectivity index (χ1n) is 10.5. The molecule has 3 N–H and O–H groups in total. The Kier molecular flexibility index (Phi) is 11.9. The maximum absolute atomic E-state index is 9.23. The van der Waals surface area contributed by atoms with Gasteiger partial charge in [-0.2, -0.15) is 0 Å². The molecule has 5 nitrogen and oxygen atoms in total. The highest BCUT2D eigenvalue weighted by Gasteiger charge is 2.22. The molecule has 0 aromatic carbocycles. The summed E-state index contributed by atoms with van der Waals surface area (Å²) in [5.74, 6) is 2.12. The number of nitrogens with zero attached hydrogens (tertiary/aromatic N) is 2. The van der Waals surface area contributed by atoms with Crippen molar-refractivity contribution in [2.24, 2.45) is 16.8 Å². The van der Waals surface area contributed by atoms with E-state index in [2.05, 4.69) is 43.2 Å². The third-order valence-corrected chi connectivity index (χ3v) is 4.99. The molecule has 0 spiro atoms. The number of hydrogen-bond donors (Lipinski definition) is 3. The number of rotatable bonds is 12. The van der Waals surface area contributed by atoms with Crippen LogP contribution in [0.2, 0.25) is 0 Å². The summed E-state index contributed by atoms with van der Waals surface area (Å²) in [4.78, 5) is 7.43. The molecular weight excluding hydrogens is 312 g/mol. The van der Waals surface area contributed by atoms with Crippen LogP contribution in [0, 0.1) is 11.8 Å². The largest absolute Gasteiger partial charge is 0.396 e. The van der Waals surface area contributed by atoms with Crippen molar-refractivity contribution in [3.8, 4) is 0 Å². The predicted molar refractivity (Wildman–Crippen MR) is 108 cm³/mol. The molecule has 0 bridgehead atoms. The smallest absolute Gasteiger partial charge is 0.191 e. The van der Waals surface area contributed by atoms with E-state index in [0.717, 1.165) is 44.9 Å². The minimum atomic E-state index is 0.260. The van der Waals surface area contributed by atoms with E-state index in [1.54, 1.807) is 0 Å². The minimum absolute atomic E-state index is 0.260. The van der Waals surface area contributed by atoms with Crippen molar-refractivity contribution in [2.45, 2.75) is 72.3 Å². The molecule has 25 heavy (non-hydrogen) atoms. The lowest BCUT2D eigenvalue weighted by atomic mass is 10.0. The van der Waals surface area contributed by atoms with Gasteiger partial charge in [-0.05, 0) is 64.0 Å². The SMILES string of the molecule is CCCC(CCO)CN=C(NCC)NCC(CC(C)C)N1CCCC1. The summed E-state index contributed by atoms with van der Waals surface area (Å²) in [5, 5.41) is 16.2. The number of aliphatic hydroxyl groups is 1. The Bertz CT molecular complexity index is 348. The van der Waals surface area contributed by atoms with Crippen LogP contribution in [-0.4, -0.2) is 61.3 Å². The molecule has 2 atom stereocenters. The van der Waals surface area contributed by atoms with Gasteiger partial charge in [0.15, 0.2) is 5.96 Å². The van der Waals surface area contributed by atoms with Gasteiger partial charge in [-0.1, -0.05) is 27.2 Å². The number of aliphatic hydroxyl groups excluding tert-OH is 1. The van der Waals surface area contributed by atoms with Gasteiger partial charge in [0, 0.05) is 32.3 Å². The number of nitrogens with one attached hydrogen (secondary N) is 2. The van der Waals surface area contributed by atoms with Gasteiger partial charge >= 0.3 is 0 Å². The van der Waals surface area contributed by atoms with Crippen LogP contribution < -0.4 is 10.6 Å². The van der Waals surface area contributed by atoms with Crippen LogP contribution in [0.25, 0.3) is 0 Å². The van der Waals surface area contributed by atoms with Crippen LogP contribution in [0.4, 0.5) is 0 Å². The van der Waals surface area contributed by atoms with E-state index in [1.807, 2.05) is 0 Å². The summed E-state index contributed by atoms with van der Waals surface area (Å²) in [6, 6.07) is 0.593. The van der Waals surface area contributed by atoms with Gasteiger partial charge in [0.05, 0.1) is 0 Å². The average molecular weight is 355 g/mol. The zero-order chi connectivity index (χ0) is 18.5. The summed E-state index contributed by atoms with van der Waals surface area (Å²) in [7, 11) is 0. The average Bonchev–Trinajstić information content (AvgIpc) is 3.10. The molecule has 0 aromatic rings. The first-order valence-corrected chi connectivity index (χ1v) is 10.5. The molecule has 1 heterocycles. The van der Waals surface area contributed by atoms with Gasteiger partial charge in [-0.3, -0.25) is 9.89 Å². The number of aliphatic imine (C=N–C) groups is 1. The fourth-order valence-electron chi connectivity index (χ4n) is 3.71. The van der Waals surface area contributed by atoms with Crippen LogP contribution in [0.3, 0.4) is 0 Å². The van der Waals surface area contributed by atoms with E-state index < -0.39 is 0 Å². The second-order valence-electron chi connectivity index (χ2n) is 7.79. The summed E-state index contributed by atoms with van der Waals surface area (Å²) >= 11 is 0. The Morgan fingerprint density at radius 3 is 2.40 bits per heavy atom. The first-order chi connectivity index (χ1) is 12.1. The Labute approximate surface area is 155 Å². The summed E-state index contributed by atoms with van der Waals surface area (Å²) in [6.07, 6.45) is 7.03. The van der Waals surface area contributed by atoms with Crippen LogP contribution in [-0.2, 0) is 0 Å². The molecule has 148 valence electrons. The molecule has 1 fully saturated rings. The summed E-state index contributed by atoms with van der Waals surface area (Å²) in [6.45, 7) is 14.3. The molecule has 1 aliphatic heterocycles. The number of hydrogen-bond acceptors (Lipinski definition) is 3. The maximum Gasteiger partial charge on any atom is 0.191 e. The molecule has 0 radical (unpaired) electrons. The van der Waals surface area contributed by atoms with Crippen LogP contribution in [0.5, 0.6) is 0 Å². The van der Waals surface area contributed by atoms with Crippen molar-refractivity contribution in [3.05, 3.63) is 0 Å². The van der Waals surface area contributed by atoms with Crippen LogP contribution in [0.1, 0.15) is 66.2 Å². The van der Waals surface area contributed by atoms with E-state index >= 15 is 0 Å². The maximum atomic E-state index is 9.23. The van der Waals surface area contributed by atoms with Crippen molar-refractivity contribution in [1.82, 2.24) is 15.5 Å². The Morgan fingerprint density at radius 2 is 1.84 bits per heavy atom.